The van der Waals surface area contributed by atoms with Crippen molar-refractivity contribution < 1.29 is 0 Å². The van der Waals surface area contributed by atoms with Crippen molar-refractivity contribution in [1.82, 2.24) is 9.55 Å². The second kappa shape index (κ2) is 8.31. The highest BCUT2D eigenvalue weighted by atomic mass is 127. The molecule has 0 atom stereocenters. The highest BCUT2D eigenvalue weighted by molar-refractivity contribution is 14.1. The molecular weight excluding hydrogens is 654 g/mol. The molecule has 0 N–H and O–H groups in total. The molecule has 0 aliphatic rings. The van der Waals surface area contributed by atoms with E-state index in [1.54, 1.807) is 0 Å². The summed E-state index contributed by atoms with van der Waals surface area (Å²) >= 11 is 4.82. The molecule has 7 rings (SSSR count). The number of halogens is 2. The van der Waals surface area contributed by atoms with E-state index >= 15 is 0 Å². The number of para-hydroxylation sites is 1. The Morgan fingerprint density at radius 2 is 1.20 bits per heavy atom. The van der Waals surface area contributed by atoms with E-state index in [1.807, 2.05) is 0 Å². The third-order valence-electron chi connectivity index (χ3n) is 6.69. The van der Waals surface area contributed by atoms with Gasteiger partial charge in [0.05, 0.1) is 11.0 Å². The molecule has 2 nitrogen and oxygen atoms in total. The van der Waals surface area contributed by atoms with Gasteiger partial charge in [-0.3, -0.25) is 4.57 Å². The van der Waals surface area contributed by atoms with Gasteiger partial charge in [-0.1, -0.05) is 72.8 Å². The van der Waals surface area contributed by atoms with Gasteiger partial charge in [0.25, 0.3) is 0 Å². The molecule has 1 heterocycles. The van der Waals surface area contributed by atoms with Gasteiger partial charge in [-0.15, -0.1) is 0 Å². The molecule has 0 radical (unpaired) electrons. The summed E-state index contributed by atoms with van der Waals surface area (Å²) in [6.07, 6.45) is 0. The van der Waals surface area contributed by atoms with Crippen LogP contribution in [0.2, 0.25) is 0 Å². The number of imidazole rings is 1. The molecule has 1 aromatic heterocycles. The Morgan fingerprint density at radius 1 is 0.543 bits per heavy atom. The monoisotopic (exact) mass is 672 g/mol. The largest absolute Gasteiger partial charge is 0.292 e. The Kier molecular flexibility index (Phi) is 5.06. The fourth-order valence-electron chi connectivity index (χ4n) is 5.18. The number of rotatable bonds is 2. The van der Waals surface area contributed by atoms with E-state index < -0.39 is 0 Å². The Bertz CT molecular complexity index is 1920. The molecule has 166 valence electrons. The highest BCUT2D eigenvalue weighted by Crippen LogP contribution is 2.41. The Balaban J connectivity index is 1.76. The highest BCUT2D eigenvalue weighted by Gasteiger charge is 2.21. The molecule has 0 bridgehead atoms. The SMILES string of the molecule is Ic1ccc2c3ccc(I)cc3c3c(nc(-c4cccc5ccccc45)n3-c3ccccc3)c2c1. The average molecular weight is 672 g/mol. The summed E-state index contributed by atoms with van der Waals surface area (Å²) in [6, 6.07) is 39.1. The van der Waals surface area contributed by atoms with Crippen molar-refractivity contribution >= 4 is 88.5 Å². The zero-order chi connectivity index (χ0) is 23.5. The van der Waals surface area contributed by atoms with Crippen LogP contribution >= 0.6 is 45.2 Å². The summed E-state index contributed by atoms with van der Waals surface area (Å²) in [4.78, 5) is 5.42. The predicted octanol–water partition coefficient (Wildman–Crippen LogP) is 9.36. The topological polar surface area (TPSA) is 17.8 Å². The molecule has 0 saturated carbocycles. The number of aromatic nitrogens is 2. The molecule has 0 amide bonds. The van der Waals surface area contributed by atoms with Gasteiger partial charge in [0, 0.05) is 29.2 Å². The van der Waals surface area contributed by atoms with Crippen molar-refractivity contribution in [2.75, 3.05) is 0 Å². The molecule has 7 aromatic rings. The van der Waals surface area contributed by atoms with Gasteiger partial charge in [-0.2, -0.15) is 0 Å². The Hall–Kier alpha value is -2.97. The first-order valence-electron chi connectivity index (χ1n) is 11.5. The first-order chi connectivity index (χ1) is 17.2. The summed E-state index contributed by atoms with van der Waals surface area (Å²) in [5.41, 5.74) is 4.45. The first kappa shape index (κ1) is 21.3. The lowest BCUT2D eigenvalue weighted by Gasteiger charge is -2.14. The van der Waals surface area contributed by atoms with Crippen molar-refractivity contribution in [3.8, 4) is 17.1 Å². The Morgan fingerprint density at radius 3 is 2.00 bits per heavy atom. The smallest absolute Gasteiger partial charge is 0.146 e. The van der Waals surface area contributed by atoms with Crippen molar-refractivity contribution in [1.29, 1.82) is 0 Å². The van der Waals surface area contributed by atoms with E-state index in [4.69, 9.17) is 4.98 Å². The number of fused-ring (bicyclic) bond motifs is 7. The number of benzene rings is 6. The molecule has 0 aliphatic carbocycles. The van der Waals surface area contributed by atoms with Gasteiger partial charge in [0.15, 0.2) is 0 Å². The lowest BCUT2D eigenvalue weighted by atomic mass is 10.00. The summed E-state index contributed by atoms with van der Waals surface area (Å²) in [5, 5.41) is 7.34. The van der Waals surface area contributed by atoms with Gasteiger partial charge in [0.1, 0.15) is 5.82 Å². The van der Waals surface area contributed by atoms with Crippen LogP contribution in [0.4, 0.5) is 0 Å². The maximum absolute atomic E-state index is 5.42. The molecule has 0 spiro atoms. The zero-order valence-electron chi connectivity index (χ0n) is 18.5. The fraction of sp³-hybridized carbons (Fsp3) is 0. The van der Waals surface area contributed by atoms with Crippen LogP contribution in [0.1, 0.15) is 0 Å². The predicted molar refractivity (Wildman–Crippen MR) is 164 cm³/mol. The first-order valence-corrected chi connectivity index (χ1v) is 13.6. The van der Waals surface area contributed by atoms with Gasteiger partial charge in [0.2, 0.25) is 0 Å². The molecular formula is C31H18I2N2. The van der Waals surface area contributed by atoms with Crippen LogP contribution in [0.3, 0.4) is 0 Å². The van der Waals surface area contributed by atoms with E-state index in [-0.39, 0.29) is 0 Å². The van der Waals surface area contributed by atoms with Gasteiger partial charge < -0.3 is 0 Å². The molecule has 0 aliphatic heterocycles. The van der Waals surface area contributed by atoms with Crippen LogP contribution in [0.5, 0.6) is 0 Å². The third-order valence-corrected chi connectivity index (χ3v) is 8.03. The van der Waals surface area contributed by atoms with Crippen LogP contribution < -0.4 is 0 Å². The molecule has 0 fully saturated rings. The number of nitrogens with zero attached hydrogens (tertiary/aromatic N) is 2. The van der Waals surface area contributed by atoms with Gasteiger partial charge in [-0.05, 0) is 103 Å². The molecule has 35 heavy (non-hydrogen) atoms. The van der Waals surface area contributed by atoms with E-state index in [2.05, 4.69) is 159 Å². The fourth-order valence-corrected chi connectivity index (χ4v) is 6.16. The maximum atomic E-state index is 5.42. The third kappa shape index (κ3) is 3.37. The Labute approximate surface area is 229 Å². The quantitative estimate of drug-likeness (QED) is 0.132. The second-order valence-corrected chi connectivity index (χ2v) is 11.2. The van der Waals surface area contributed by atoms with Crippen LogP contribution in [-0.2, 0) is 0 Å². The molecule has 0 unspecified atom stereocenters. The minimum absolute atomic E-state index is 0.967. The van der Waals surface area contributed by atoms with E-state index in [1.165, 1.54) is 39.5 Å². The number of hydrogen-bond donors (Lipinski definition) is 0. The lowest BCUT2D eigenvalue weighted by molar-refractivity contribution is 1.11. The average Bonchev–Trinajstić information content (AvgIpc) is 3.30. The van der Waals surface area contributed by atoms with Crippen LogP contribution in [0.25, 0.3) is 60.4 Å². The standard InChI is InChI=1S/C31H18I2N2/c32-20-13-15-24-25-16-14-21(33)18-28(25)30-29(27(24)17-20)34-31(35(30)22-9-2-1-3-10-22)26-12-6-8-19-7-4-5-11-23(19)26/h1-18H. The molecule has 4 heteroatoms. The van der Waals surface area contributed by atoms with Gasteiger partial charge in [-0.25, -0.2) is 4.98 Å². The van der Waals surface area contributed by atoms with Crippen LogP contribution in [-0.4, -0.2) is 9.55 Å². The summed E-state index contributed by atoms with van der Waals surface area (Å²) in [5.74, 6) is 0.967. The van der Waals surface area contributed by atoms with Crippen molar-refractivity contribution in [3.63, 3.8) is 0 Å². The molecule has 6 aromatic carbocycles. The number of hydrogen-bond acceptors (Lipinski definition) is 1. The van der Waals surface area contributed by atoms with E-state index in [0.717, 1.165) is 28.1 Å². The lowest BCUT2D eigenvalue weighted by Crippen LogP contribution is -1.98. The van der Waals surface area contributed by atoms with Crippen LogP contribution in [0.15, 0.2) is 109 Å². The summed E-state index contributed by atoms with van der Waals surface area (Å²) in [7, 11) is 0. The van der Waals surface area contributed by atoms with E-state index in [9.17, 15) is 0 Å². The zero-order valence-corrected chi connectivity index (χ0v) is 22.9. The summed E-state index contributed by atoms with van der Waals surface area (Å²) < 4.78 is 4.78. The van der Waals surface area contributed by atoms with Crippen molar-refractivity contribution in [2.24, 2.45) is 0 Å². The summed E-state index contributed by atoms with van der Waals surface area (Å²) in [6.45, 7) is 0. The minimum Gasteiger partial charge on any atom is -0.292 e. The maximum Gasteiger partial charge on any atom is 0.146 e. The minimum atomic E-state index is 0.967. The normalized spacial score (nSPS) is 11.7. The van der Waals surface area contributed by atoms with Crippen molar-refractivity contribution in [2.45, 2.75) is 0 Å². The van der Waals surface area contributed by atoms with Gasteiger partial charge >= 0.3 is 0 Å². The second-order valence-electron chi connectivity index (χ2n) is 8.71. The van der Waals surface area contributed by atoms with E-state index in [0.29, 0.717) is 0 Å². The molecule has 0 saturated heterocycles. The van der Waals surface area contributed by atoms with Crippen LogP contribution in [0, 0.1) is 7.14 Å². The van der Waals surface area contributed by atoms with Crippen molar-refractivity contribution in [3.05, 3.63) is 116 Å².